The number of hydrogen-bond acceptors (Lipinski definition) is 5. The zero-order chi connectivity index (χ0) is 15.8. The molecule has 2 aromatic heterocycles. The Morgan fingerprint density at radius 2 is 2.09 bits per heavy atom. The molecule has 5 heterocycles. The van der Waals surface area contributed by atoms with Gasteiger partial charge in [0.1, 0.15) is 10.9 Å². The van der Waals surface area contributed by atoms with Crippen molar-refractivity contribution in [3.05, 3.63) is 35.3 Å². The summed E-state index contributed by atoms with van der Waals surface area (Å²) in [5.74, 6) is 0.783. The van der Waals surface area contributed by atoms with Gasteiger partial charge in [0, 0.05) is 12.1 Å². The molecule has 0 unspecified atom stereocenters. The minimum atomic E-state index is 0.525. The Balaban J connectivity index is 1.49. The molecular formula is C18H20N4S. The number of hydrogen-bond donors (Lipinski definition) is 1. The summed E-state index contributed by atoms with van der Waals surface area (Å²) in [7, 11) is 0. The highest BCUT2D eigenvalue weighted by molar-refractivity contribution is 7.15. The number of pyridine rings is 1. The summed E-state index contributed by atoms with van der Waals surface area (Å²) in [6, 6.07) is 11.3. The van der Waals surface area contributed by atoms with Crippen LogP contribution in [-0.4, -0.2) is 35.1 Å². The topological polar surface area (TPSA) is 52.0 Å². The minimum absolute atomic E-state index is 0.525. The largest absolute Gasteiger partial charge is 0.379 e. The van der Waals surface area contributed by atoms with Crippen LogP contribution in [0.15, 0.2) is 30.5 Å². The third kappa shape index (κ3) is 2.73. The molecule has 3 fully saturated rings. The predicted molar refractivity (Wildman–Crippen MR) is 93.4 cm³/mol. The standard InChI is InChI=1S/C18H20N4S/c1-12-18(13-6-8-22(12)9-7-13)21-14-2-4-16(20-11-14)17-5-3-15(10-19)23-17/h2-5,11-13,18,21H,6-9H2,1H3/t12-,18+/m1/s1. The van der Waals surface area contributed by atoms with E-state index in [2.05, 4.69) is 34.3 Å². The summed E-state index contributed by atoms with van der Waals surface area (Å²) in [6.07, 6.45) is 4.53. The van der Waals surface area contributed by atoms with Crippen molar-refractivity contribution in [3.63, 3.8) is 0 Å². The molecule has 1 N–H and O–H groups in total. The van der Waals surface area contributed by atoms with Crippen LogP contribution >= 0.6 is 11.3 Å². The molecule has 0 aromatic carbocycles. The fourth-order valence-electron chi connectivity index (χ4n) is 3.90. The van der Waals surface area contributed by atoms with Crippen molar-refractivity contribution in [2.45, 2.75) is 31.8 Å². The fraction of sp³-hybridized carbons (Fsp3) is 0.444. The number of nitrogens with zero attached hydrogens (tertiary/aromatic N) is 3. The quantitative estimate of drug-likeness (QED) is 0.937. The first-order valence-corrected chi connectivity index (χ1v) is 9.03. The number of piperidine rings is 3. The molecular weight excluding hydrogens is 304 g/mol. The summed E-state index contributed by atoms with van der Waals surface area (Å²) >= 11 is 1.49. The van der Waals surface area contributed by atoms with E-state index in [1.54, 1.807) is 0 Å². The van der Waals surface area contributed by atoms with Crippen LogP contribution in [0.4, 0.5) is 5.69 Å². The normalized spacial score (nSPS) is 29.2. The molecule has 3 saturated heterocycles. The third-order valence-electron chi connectivity index (χ3n) is 5.24. The molecule has 0 aliphatic carbocycles. The van der Waals surface area contributed by atoms with E-state index < -0.39 is 0 Å². The van der Waals surface area contributed by atoms with E-state index in [4.69, 9.17) is 5.26 Å². The number of nitrogens with one attached hydrogen (secondary N) is 1. The van der Waals surface area contributed by atoms with E-state index in [0.29, 0.717) is 12.1 Å². The van der Waals surface area contributed by atoms with Crippen LogP contribution in [-0.2, 0) is 0 Å². The van der Waals surface area contributed by atoms with Crippen molar-refractivity contribution in [1.82, 2.24) is 9.88 Å². The van der Waals surface area contributed by atoms with Crippen molar-refractivity contribution >= 4 is 17.0 Å². The van der Waals surface area contributed by atoms with E-state index >= 15 is 0 Å². The molecule has 0 spiro atoms. The monoisotopic (exact) mass is 324 g/mol. The lowest BCUT2D eigenvalue weighted by Gasteiger charge is -2.50. The number of nitriles is 1. The minimum Gasteiger partial charge on any atom is -0.379 e. The van der Waals surface area contributed by atoms with Crippen molar-refractivity contribution in [3.8, 4) is 16.6 Å². The highest BCUT2D eigenvalue weighted by atomic mass is 32.1. The van der Waals surface area contributed by atoms with Crippen molar-refractivity contribution in [1.29, 1.82) is 5.26 Å². The summed E-state index contributed by atoms with van der Waals surface area (Å²) < 4.78 is 0. The SMILES string of the molecule is C[C@@H]1[C@H](Nc2ccc(-c3ccc(C#N)s3)nc2)C2CCN1CC2. The molecule has 3 aliphatic rings. The first-order valence-electron chi connectivity index (χ1n) is 8.21. The predicted octanol–water partition coefficient (Wildman–Crippen LogP) is 3.58. The number of fused-ring (bicyclic) bond motifs is 3. The van der Waals surface area contributed by atoms with Crippen LogP contribution in [0.25, 0.3) is 10.6 Å². The van der Waals surface area contributed by atoms with Gasteiger partial charge in [-0.3, -0.25) is 9.88 Å². The first kappa shape index (κ1) is 14.7. The summed E-state index contributed by atoms with van der Waals surface area (Å²) in [5.41, 5.74) is 2.03. The lowest BCUT2D eigenvalue weighted by Crippen LogP contribution is -2.59. The molecule has 0 saturated carbocycles. The van der Waals surface area contributed by atoms with E-state index in [1.165, 1.54) is 37.3 Å². The average molecular weight is 324 g/mol. The van der Waals surface area contributed by atoms with Gasteiger partial charge in [0.05, 0.1) is 22.5 Å². The molecule has 2 atom stereocenters. The summed E-state index contributed by atoms with van der Waals surface area (Å²) in [4.78, 5) is 8.94. The molecule has 5 rings (SSSR count). The lowest BCUT2D eigenvalue weighted by molar-refractivity contribution is 0.0458. The Labute approximate surface area is 140 Å². The number of aromatic nitrogens is 1. The Kier molecular flexibility index (Phi) is 3.80. The van der Waals surface area contributed by atoms with Crippen LogP contribution in [0.5, 0.6) is 0 Å². The first-order chi connectivity index (χ1) is 11.2. The Hall–Kier alpha value is -1.90. The summed E-state index contributed by atoms with van der Waals surface area (Å²) in [6.45, 7) is 4.83. The van der Waals surface area contributed by atoms with E-state index in [-0.39, 0.29) is 0 Å². The second kappa shape index (κ2) is 5.95. The van der Waals surface area contributed by atoms with Gasteiger partial charge in [-0.2, -0.15) is 5.26 Å². The van der Waals surface area contributed by atoms with Gasteiger partial charge in [0.25, 0.3) is 0 Å². The highest BCUT2D eigenvalue weighted by Gasteiger charge is 2.39. The third-order valence-corrected chi connectivity index (χ3v) is 6.26. The van der Waals surface area contributed by atoms with Crippen LogP contribution in [0.2, 0.25) is 0 Å². The van der Waals surface area contributed by atoms with Gasteiger partial charge in [-0.25, -0.2) is 0 Å². The van der Waals surface area contributed by atoms with Crippen molar-refractivity contribution < 1.29 is 0 Å². The van der Waals surface area contributed by atoms with Crippen LogP contribution in [0.3, 0.4) is 0 Å². The van der Waals surface area contributed by atoms with Gasteiger partial charge in [-0.1, -0.05) is 0 Å². The maximum Gasteiger partial charge on any atom is 0.110 e. The number of thiophene rings is 1. The molecule has 3 aliphatic heterocycles. The maximum atomic E-state index is 8.93. The van der Waals surface area contributed by atoms with Crippen LogP contribution < -0.4 is 5.32 Å². The smallest absolute Gasteiger partial charge is 0.110 e. The van der Waals surface area contributed by atoms with Gasteiger partial charge in [0.15, 0.2) is 0 Å². The molecule has 4 nitrogen and oxygen atoms in total. The van der Waals surface area contributed by atoms with Gasteiger partial charge in [-0.05, 0) is 63.0 Å². The van der Waals surface area contributed by atoms with E-state index in [9.17, 15) is 0 Å². The van der Waals surface area contributed by atoms with E-state index in [0.717, 1.165) is 27.1 Å². The second-order valence-electron chi connectivity index (χ2n) is 6.49. The van der Waals surface area contributed by atoms with E-state index in [1.807, 2.05) is 24.4 Å². The highest BCUT2D eigenvalue weighted by Crippen LogP contribution is 2.34. The molecule has 23 heavy (non-hydrogen) atoms. The molecule has 2 aromatic rings. The molecule has 118 valence electrons. The Morgan fingerprint density at radius 3 is 2.70 bits per heavy atom. The maximum absolute atomic E-state index is 8.93. The Bertz CT molecular complexity index is 720. The van der Waals surface area contributed by atoms with Crippen molar-refractivity contribution in [2.75, 3.05) is 18.4 Å². The van der Waals surface area contributed by atoms with Crippen molar-refractivity contribution in [2.24, 2.45) is 5.92 Å². The Morgan fingerprint density at radius 1 is 1.26 bits per heavy atom. The van der Waals surface area contributed by atoms with Crippen LogP contribution in [0.1, 0.15) is 24.6 Å². The van der Waals surface area contributed by atoms with Gasteiger partial charge in [-0.15, -0.1) is 11.3 Å². The summed E-state index contributed by atoms with van der Waals surface area (Å²) in [5, 5.41) is 12.6. The molecule has 0 amide bonds. The average Bonchev–Trinajstić information content (AvgIpc) is 3.08. The fourth-order valence-corrected chi connectivity index (χ4v) is 4.68. The van der Waals surface area contributed by atoms with Gasteiger partial charge in [0.2, 0.25) is 0 Å². The lowest BCUT2D eigenvalue weighted by atomic mass is 9.79. The molecule has 5 heteroatoms. The van der Waals surface area contributed by atoms with Gasteiger partial charge < -0.3 is 5.32 Å². The molecule has 0 radical (unpaired) electrons. The van der Waals surface area contributed by atoms with Gasteiger partial charge >= 0.3 is 0 Å². The zero-order valence-corrected chi connectivity index (χ0v) is 14.0. The molecule has 2 bridgehead atoms. The zero-order valence-electron chi connectivity index (χ0n) is 13.2. The number of anilines is 1. The second-order valence-corrected chi connectivity index (χ2v) is 7.58. The number of rotatable bonds is 3. The van der Waals surface area contributed by atoms with Crippen LogP contribution in [0, 0.1) is 17.2 Å².